The number of nitrogens with one attached hydrogen (secondary N) is 2. The van der Waals surface area contributed by atoms with Gasteiger partial charge < -0.3 is 19.8 Å². The van der Waals surface area contributed by atoms with Crippen LogP contribution in [0.3, 0.4) is 0 Å². The summed E-state index contributed by atoms with van der Waals surface area (Å²) in [6.07, 6.45) is 3.20. The Morgan fingerprint density at radius 2 is 2.15 bits per heavy atom. The van der Waals surface area contributed by atoms with E-state index in [0.717, 1.165) is 5.76 Å². The molecule has 3 heterocycles. The fraction of sp³-hybridized carbons (Fsp3) is 0.500. The van der Waals surface area contributed by atoms with Crippen LogP contribution in [0.15, 0.2) is 39.8 Å². The van der Waals surface area contributed by atoms with Gasteiger partial charge in [-0.15, -0.1) is 0 Å². The molecule has 3 unspecified atom stereocenters. The van der Waals surface area contributed by atoms with Gasteiger partial charge in [-0.25, -0.2) is 8.42 Å². The van der Waals surface area contributed by atoms with Crippen molar-refractivity contribution in [2.45, 2.75) is 63.5 Å². The summed E-state index contributed by atoms with van der Waals surface area (Å²) < 4.78 is 39.6. The molecule has 9 nitrogen and oxygen atoms in total. The van der Waals surface area contributed by atoms with Crippen LogP contribution in [0, 0.1) is 12.8 Å². The third-order valence-electron chi connectivity index (χ3n) is 6.32. The van der Waals surface area contributed by atoms with Crippen molar-refractivity contribution in [2.24, 2.45) is 5.92 Å². The van der Waals surface area contributed by atoms with Crippen LogP contribution >= 0.6 is 0 Å². The van der Waals surface area contributed by atoms with Crippen LogP contribution in [0.4, 0.5) is 5.69 Å². The van der Waals surface area contributed by atoms with E-state index in [1.165, 1.54) is 10.4 Å². The molecule has 2 N–H and O–H groups in total. The lowest BCUT2D eigenvalue weighted by atomic mass is 9.98. The van der Waals surface area contributed by atoms with Crippen LogP contribution < -0.4 is 15.4 Å². The normalized spacial score (nSPS) is 21.8. The van der Waals surface area contributed by atoms with Gasteiger partial charge in [-0.2, -0.15) is 4.31 Å². The molecule has 0 spiro atoms. The molecule has 2 aliphatic heterocycles. The van der Waals surface area contributed by atoms with Gasteiger partial charge in [0.05, 0.1) is 22.8 Å². The number of rotatable bonds is 7. The molecule has 2 aliphatic rings. The van der Waals surface area contributed by atoms with Crippen molar-refractivity contribution in [3.63, 3.8) is 0 Å². The Hall–Kier alpha value is -2.85. The van der Waals surface area contributed by atoms with Gasteiger partial charge in [0.25, 0.3) is 5.91 Å². The van der Waals surface area contributed by atoms with E-state index >= 15 is 0 Å². The van der Waals surface area contributed by atoms with Crippen LogP contribution in [-0.4, -0.2) is 49.8 Å². The lowest BCUT2D eigenvalue weighted by Gasteiger charge is -2.33. The van der Waals surface area contributed by atoms with Crippen molar-refractivity contribution >= 4 is 27.5 Å². The number of hydrogen-bond acceptors (Lipinski definition) is 6. The third kappa shape index (κ3) is 4.97. The van der Waals surface area contributed by atoms with E-state index < -0.39 is 22.0 Å². The minimum Gasteiger partial charge on any atom is -0.478 e. The molecule has 2 amide bonds. The van der Waals surface area contributed by atoms with E-state index in [4.69, 9.17) is 9.15 Å². The zero-order valence-corrected chi connectivity index (χ0v) is 20.5. The summed E-state index contributed by atoms with van der Waals surface area (Å²) in [5.74, 6) is 0.301. The second-order valence-corrected chi connectivity index (χ2v) is 10.9. The number of amides is 2. The van der Waals surface area contributed by atoms with Crippen molar-refractivity contribution in [3.8, 4) is 5.75 Å². The van der Waals surface area contributed by atoms with Gasteiger partial charge in [0.1, 0.15) is 11.5 Å². The highest BCUT2D eigenvalue weighted by Gasteiger charge is 2.36. The standard InChI is InChI=1S/C24H31N3O6S/c1-4-20-24(29)26-19-11-15(2)22(13-21(19)33-20)34(30,31)27-9-5-7-17(14-27)23(28)25-16(3)12-18-8-6-10-32-18/h6,8,10-11,13,16-17,20H,4-5,7,9,12,14H2,1-3H3,(H,25,28)(H,26,29). The van der Waals surface area contributed by atoms with E-state index in [2.05, 4.69) is 10.6 Å². The molecule has 1 fully saturated rings. The van der Waals surface area contributed by atoms with Gasteiger partial charge in [-0.1, -0.05) is 6.92 Å². The number of aryl methyl sites for hydroxylation is 1. The monoisotopic (exact) mass is 489 g/mol. The van der Waals surface area contributed by atoms with E-state index in [9.17, 15) is 18.0 Å². The number of ether oxygens (including phenoxy) is 1. The number of furan rings is 1. The largest absolute Gasteiger partial charge is 0.478 e. The zero-order valence-electron chi connectivity index (χ0n) is 19.7. The number of benzene rings is 1. The Morgan fingerprint density at radius 1 is 1.35 bits per heavy atom. The summed E-state index contributed by atoms with van der Waals surface area (Å²) in [5, 5.41) is 5.77. The highest BCUT2D eigenvalue weighted by molar-refractivity contribution is 7.89. The second kappa shape index (κ2) is 9.79. The molecular weight excluding hydrogens is 458 g/mol. The van der Waals surface area contributed by atoms with Crippen LogP contribution in [0.1, 0.15) is 44.4 Å². The van der Waals surface area contributed by atoms with Crippen molar-refractivity contribution in [3.05, 3.63) is 41.9 Å². The Labute approximate surface area is 199 Å². The minimum absolute atomic E-state index is 0.118. The number of piperidine rings is 1. The molecule has 0 bridgehead atoms. The van der Waals surface area contributed by atoms with Gasteiger partial charge >= 0.3 is 0 Å². The van der Waals surface area contributed by atoms with E-state index in [0.29, 0.717) is 49.2 Å². The van der Waals surface area contributed by atoms with E-state index in [-0.39, 0.29) is 29.3 Å². The first-order chi connectivity index (χ1) is 16.2. The second-order valence-electron chi connectivity index (χ2n) is 9.01. The van der Waals surface area contributed by atoms with Crippen LogP contribution in [0.5, 0.6) is 5.75 Å². The molecule has 34 heavy (non-hydrogen) atoms. The van der Waals surface area contributed by atoms with Gasteiger partial charge in [-0.3, -0.25) is 9.59 Å². The molecule has 3 atom stereocenters. The van der Waals surface area contributed by atoms with Crippen molar-refractivity contribution in [1.82, 2.24) is 9.62 Å². The molecule has 0 radical (unpaired) electrons. The maximum Gasteiger partial charge on any atom is 0.265 e. The Bertz CT molecular complexity index is 1160. The van der Waals surface area contributed by atoms with Gasteiger partial charge in [-0.05, 0) is 56.9 Å². The minimum atomic E-state index is -3.85. The summed E-state index contributed by atoms with van der Waals surface area (Å²) in [7, 11) is -3.85. The molecule has 0 aliphatic carbocycles. The lowest BCUT2D eigenvalue weighted by molar-refractivity contribution is -0.126. The topological polar surface area (TPSA) is 118 Å². The van der Waals surface area contributed by atoms with Crippen molar-refractivity contribution in [1.29, 1.82) is 0 Å². The summed E-state index contributed by atoms with van der Waals surface area (Å²) in [6, 6.07) is 6.63. The number of fused-ring (bicyclic) bond motifs is 1. The molecule has 2 aromatic rings. The molecule has 1 aromatic heterocycles. The predicted octanol–water partition coefficient (Wildman–Crippen LogP) is 2.85. The summed E-state index contributed by atoms with van der Waals surface area (Å²) in [4.78, 5) is 25.1. The number of hydrogen-bond donors (Lipinski definition) is 2. The quantitative estimate of drug-likeness (QED) is 0.618. The lowest BCUT2D eigenvalue weighted by Crippen LogP contribution is -2.47. The molecule has 1 saturated heterocycles. The first kappa shape index (κ1) is 24.3. The van der Waals surface area contributed by atoms with E-state index in [1.54, 1.807) is 25.3 Å². The highest BCUT2D eigenvalue weighted by Crippen LogP contribution is 2.36. The van der Waals surface area contributed by atoms with Crippen molar-refractivity contribution < 1.29 is 27.2 Å². The van der Waals surface area contributed by atoms with Crippen LogP contribution in [0.25, 0.3) is 0 Å². The number of nitrogens with zero attached hydrogens (tertiary/aromatic N) is 1. The molecule has 0 saturated carbocycles. The van der Waals surface area contributed by atoms with Crippen LogP contribution in [-0.2, 0) is 26.0 Å². The van der Waals surface area contributed by atoms with Crippen LogP contribution in [0.2, 0.25) is 0 Å². The third-order valence-corrected chi connectivity index (χ3v) is 8.32. The smallest absolute Gasteiger partial charge is 0.265 e. The molecule has 1 aromatic carbocycles. The number of anilines is 1. The molecule has 184 valence electrons. The maximum atomic E-state index is 13.6. The Balaban J connectivity index is 1.48. The van der Waals surface area contributed by atoms with Gasteiger partial charge in [0.15, 0.2) is 6.10 Å². The SMILES string of the molecule is CCC1Oc2cc(S(=O)(=O)N3CCCC(C(=O)NC(C)Cc4ccco4)C3)c(C)cc2NC1=O. The number of carbonyl (C=O) groups excluding carboxylic acids is 2. The molecular formula is C24H31N3O6S. The van der Waals surface area contributed by atoms with Gasteiger partial charge in [0.2, 0.25) is 15.9 Å². The first-order valence-corrected chi connectivity index (χ1v) is 13.1. The summed E-state index contributed by atoms with van der Waals surface area (Å²) in [6.45, 7) is 5.88. The Kier molecular flexibility index (Phi) is 6.99. The van der Waals surface area contributed by atoms with E-state index in [1.807, 2.05) is 19.9 Å². The number of carbonyl (C=O) groups is 2. The number of sulfonamides is 1. The fourth-order valence-corrected chi connectivity index (χ4v) is 6.23. The fourth-order valence-electron chi connectivity index (χ4n) is 4.49. The first-order valence-electron chi connectivity index (χ1n) is 11.6. The Morgan fingerprint density at radius 3 is 2.85 bits per heavy atom. The van der Waals surface area contributed by atoms with Crippen molar-refractivity contribution in [2.75, 3.05) is 18.4 Å². The van der Waals surface area contributed by atoms with Gasteiger partial charge in [0, 0.05) is 31.6 Å². The highest BCUT2D eigenvalue weighted by atomic mass is 32.2. The summed E-state index contributed by atoms with van der Waals surface area (Å²) >= 11 is 0. The average molecular weight is 490 g/mol. The summed E-state index contributed by atoms with van der Waals surface area (Å²) in [5.41, 5.74) is 0.976. The maximum absolute atomic E-state index is 13.6. The molecule has 4 rings (SSSR count). The molecule has 10 heteroatoms. The zero-order chi connectivity index (χ0) is 24.5. The predicted molar refractivity (Wildman–Crippen MR) is 126 cm³/mol. The average Bonchev–Trinajstić information content (AvgIpc) is 3.31.